The van der Waals surface area contributed by atoms with Gasteiger partial charge in [0.25, 0.3) is 5.91 Å². The molecule has 5 heteroatoms. The maximum absolute atomic E-state index is 12.5. The molecule has 2 aromatic rings. The zero-order valence-corrected chi connectivity index (χ0v) is 14.0. The van der Waals surface area contributed by atoms with Crippen LogP contribution in [-0.4, -0.2) is 41.6 Å². The highest BCUT2D eigenvalue weighted by molar-refractivity contribution is 5.94. The molecule has 1 unspecified atom stereocenters. The van der Waals surface area contributed by atoms with E-state index in [2.05, 4.69) is 10.2 Å². The van der Waals surface area contributed by atoms with Crippen LogP contribution in [0.2, 0.25) is 0 Å². The van der Waals surface area contributed by atoms with Gasteiger partial charge >= 0.3 is 0 Å². The minimum atomic E-state index is -0.0244. The Morgan fingerprint density at radius 2 is 1.72 bits per heavy atom. The molecule has 2 heterocycles. The summed E-state index contributed by atoms with van der Waals surface area (Å²) in [6.07, 6.45) is 2.35. The first-order chi connectivity index (χ1) is 12.2. The van der Waals surface area contributed by atoms with Crippen LogP contribution in [0.4, 0.5) is 0 Å². The standard InChI is InChI=1S/C20H22N2O3/c23-17-3-7-19(8-4-17)25-18-5-1-15(2-6-18)20(24)21-16-11-14-9-10-22(12-14)13-16/h1-8,14,16,23H,9-13H2,(H,21,24)/t14-,16-/m1/s1. The van der Waals surface area contributed by atoms with E-state index in [0.717, 1.165) is 18.9 Å². The second-order valence-electron chi connectivity index (χ2n) is 6.94. The first-order valence-electron chi connectivity index (χ1n) is 8.76. The SMILES string of the molecule is O=C(N[C@@H]1C[C@H]2CCN(C2)C1)c1ccc(Oc2ccc(O)cc2)cc1. The number of phenolic OH excluding ortho intramolecular Hbond substituents is 1. The van der Waals surface area contributed by atoms with Crippen LogP contribution >= 0.6 is 0 Å². The average molecular weight is 338 g/mol. The number of benzene rings is 2. The Morgan fingerprint density at radius 1 is 1.04 bits per heavy atom. The summed E-state index contributed by atoms with van der Waals surface area (Å²) >= 11 is 0. The van der Waals surface area contributed by atoms with Crippen LogP contribution in [0.25, 0.3) is 0 Å². The Labute approximate surface area is 147 Å². The van der Waals surface area contributed by atoms with E-state index in [1.54, 1.807) is 48.5 Å². The number of aromatic hydroxyl groups is 1. The van der Waals surface area contributed by atoms with Gasteiger partial charge in [0.15, 0.2) is 0 Å². The molecule has 2 fully saturated rings. The third-order valence-electron chi connectivity index (χ3n) is 4.99. The van der Waals surface area contributed by atoms with Gasteiger partial charge in [-0.2, -0.15) is 0 Å². The number of phenols is 1. The van der Waals surface area contributed by atoms with E-state index in [4.69, 9.17) is 4.74 Å². The van der Waals surface area contributed by atoms with Crippen LogP contribution in [0.3, 0.4) is 0 Å². The number of carbonyl (C=O) groups excluding carboxylic acids is 1. The van der Waals surface area contributed by atoms with E-state index in [0.29, 0.717) is 17.1 Å². The van der Waals surface area contributed by atoms with Crippen molar-refractivity contribution in [1.29, 1.82) is 0 Å². The molecule has 2 saturated heterocycles. The molecular weight excluding hydrogens is 316 g/mol. The van der Waals surface area contributed by atoms with Gasteiger partial charge in [-0.25, -0.2) is 0 Å². The summed E-state index contributed by atoms with van der Waals surface area (Å²) in [4.78, 5) is 14.9. The number of amides is 1. The largest absolute Gasteiger partial charge is 0.508 e. The van der Waals surface area contributed by atoms with E-state index in [-0.39, 0.29) is 17.7 Å². The summed E-state index contributed by atoms with van der Waals surface area (Å²) in [5, 5.41) is 12.5. The quantitative estimate of drug-likeness (QED) is 0.900. The van der Waals surface area contributed by atoms with Gasteiger partial charge in [0.05, 0.1) is 0 Å². The van der Waals surface area contributed by atoms with Crippen molar-refractivity contribution >= 4 is 5.91 Å². The molecule has 2 aliphatic heterocycles. The highest BCUT2D eigenvalue weighted by Crippen LogP contribution is 2.27. The highest BCUT2D eigenvalue weighted by Gasteiger charge is 2.32. The van der Waals surface area contributed by atoms with Gasteiger partial charge in [-0.3, -0.25) is 4.79 Å². The van der Waals surface area contributed by atoms with Gasteiger partial charge in [-0.1, -0.05) is 0 Å². The molecular formula is C20H22N2O3. The average Bonchev–Trinajstić information content (AvgIpc) is 2.96. The lowest BCUT2D eigenvalue weighted by atomic mass is 9.96. The summed E-state index contributed by atoms with van der Waals surface area (Å²) < 4.78 is 5.70. The van der Waals surface area contributed by atoms with Gasteiger partial charge in [0.2, 0.25) is 0 Å². The smallest absolute Gasteiger partial charge is 0.251 e. The molecule has 2 aliphatic rings. The Kier molecular flexibility index (Phi) is 4.32. The van der Waals surface area contributed by atoms with Gasteiger partial charge in [0.1, 0.15) is 17.2 Å². The predicted octanol–water partition coefficient (Wildman–Crippen LogP) is 3.01. The molecule has 0 radical (unpaired) electrons. The number of rotatable bonds is 4. The van der Waals surface area contributed by atoms with Crippen molar-refractivity contribution in [3.05, 3.63) is 54.1 Å². The Hall–Kier alpha value is -2.53. The van der Waals surface area contributed by atoms with Crippen molar-refractivity contribution in [3.63, 3.8) is 0 Å². The van der Waals surface area contributed by atoms with E-state index in [1.165, 1.54) is 19.5 Å². The van der Waals surface area contributed by atoms with Gasteiger partial charge < -0.3 is 20.1 Å². The first-order valence-corrected chi connectivity index (χ1v) is 8.76. The normalized spacial score (nSPS) is 24.7. The molecule has 1 amide bonds. The summed E-state index contributed by atoms with van der Waals surface area (Å²) in [5.74, 6) is 2.21. The number of hydrogen-bond donors (Lipinski definition) is 2. The van der Waals surface area contributed by atoms with Crippen LogP contribution < -0.4 is 10.1 Å². The molecule has 25 heavy (non-hydrogen) atoms. The Morgan fingerprint density at radius 3 is 2.40 bits per heavy atom. The number of ether oxygens (including phenoxy) is 1. The molecule has 0 spiro atoms. The third-order valence-corrected chi connectivity index (χ3v) is 4.99. The molecule has 0 aromatic heterocycles. The van der Waals surface area contributed by atoms with Crippen LogP contribution in [-0.2, 0) is 0 Å². The van der Waals surface area contributed by atoms with Crippen molar-refractivity contribution in [3.8, 4) is 17.2 Å². The lowest BCUT2D eigenvalue weighted by Gasteiger charge is -2.30. The molecule has 130 valence electrons. The topological polar surface area (TPSA) is 61.8 Å². The number of nitrogens with one attached hydrogen (secondary N) is 1. The van der Waals surface area contributed by atoms with Crippen LogP contribution in [0, 0.1) is 5.92 Å². The van der Waals surface area contributed by atoms with Crippen molar-refractivity contribution in [2.45, 2.75) is 18.9 Å². The molecule has 4 rings (SSSR count). The van der Waals surface area contributed by atoms with E-state index in [1.807, 2.05) is 0 Å². The molecule has 5 nitrogen and oxygen atoms in total. The fourth-order valence-corrected chi connectivity index (χ4v) is 3.76. The molecule has 0 saturated carbocycles. The zero-order chi connectivity index (χ0) is 17.2. The summed E-state index contributed by atoms with van der Waals surface area (Å²) in [7, 11) is 0. The Bertz CT molecular complexity index is 731. The molecule has 0 aliphatic carbocycles. The maximum atomic E-state index is 12.5. The van der Waals surface area contributed by atoms with E-state index >= 15 is 0 Å². The monoisotopic (exact) mass is 338 g/mol. The minimum absolute atomic E-state index is 0.0244. The van der Waals surface area contributed by atoms with Crippen LogP contribution in [0.15, 0.2) is 48.5 Å². The second kappa shape index (κ2) is 6.76. The molecule has 2 aromatic carbocycles. The maximum Gasteiger partial charge on any atom is 0.251 e. The van der Waals surface area contributed by atoms with Crippen LogP contribution in [0.5, 0.6) is 17.2 Å². The molecule has 2 N–H and O–H groups in total. The summed E-state index contributed by atoms with van der Waals surface area (Å²) in [5.41, 5.74) is 0.644. The number of piperidine rings is 1. The van der Waals surface area contributed by atoms with Gasteiger partial charge in [-0.05, 0) is 73.8 Å². The van der Waals surface area contributed by atoms with E-state index in [9.17, 15) is 9.90 Å². The number of fused-ring (bicyclic) bond motifs is 2. The number of carbonyl (C=O) groups is 1. The number of nitrogens with zero attached hydrogens (tertiary/aromatic N) is 1. The lowest BCUT2D eigenvalue weighted by Crippen LogP contribution is -2.46. The van der Waals surface area contributed by atoms with E-state index < -0.39 is 0 Å². The van der Waals surface area contributed by atoms with Crippen LogP contribution in [0.1, 0.15) is 23.2 Å². The number of hydrogen-bond acceptors (Lipinski definition) is 4. The van der Waals surface area contributed by atoms with Crippen molar-refractivity contribution in [1.82, 2.24) is 10.2 Å². The van der Waals surface area contributed by atoms with Gasteiger partial charge in [0, 0.05) is 24.7 Å². The van der Waals surface area contributed by atoms with Crippen molar-refractivity contribution in [2.24, 2.45) is 5.92 Å². The lowest BCUT2D eigenvalue weighted by molar-refractivity contribution is 0.0909. The predicted molar refractivity (Wildman–Crippen MR) is 95.0 cm³/mol. The molecule has 2 bridgehead atoms. The first kappa shape index (κ1) is 16.0. The van der Waals surface area contributed by atoms with Crippen molar-refractivity contribution < 1.29 is 14.6 Å². The minimum Gasteiger partial charge on any atom is -0.508 e. The highest BCUT2D eigenvalue weighted by atomic mass is 16.5. The third kappa shape index (κ3) is 3.77. The fraction of sp³-hybridized carbons (Fsp3) is 0.350. The van der Waals surface area contributed by atoms with Gasteiger partial charge in [-0.15, -0.1) is 0 Å². The second-order valence-corrected chi connectivity index (χ2v) is 6.94. The Balaban J connectivity index is 1.36. The molecule has 3 atom stereocenters. The fourth-order valence-electron chi connectivity index (χ4n) is 3.76. The van der Waals surface area contributed by atoms with Crippen molar-refractivity contribution in [2.75, 3.05) is 19.6 Å². The summed E-state index contributed by atoms with van der Waals surface area (Å²) in [6, 6.07) is 13.9. The summed E-state index contributed by atoms with van der Waals surface area (Å²) in [6.45, 7) is 3.32. The zero-order valence-electron chi connectivity index (χ0n) is 14.0.